The number of para-hydroxylation sites is 2. The number of nitro groups is 1. The van der Waals surface area contributed by atoms with Crippen molar-refractivity contribution < 1.29 is 19.2 Å². The van der Waals surface area contributed by atoms with E-state index in [1.807, 2.05) is 53.4 Å². The van der Waals surface area contributed by atoms with E-state index in [1.54, 1.807) is 22.7 Å². The van der Waals surface area contributed by atoms with Gasteiger partial charge in [0.25, 0.3) is 11.6 Å². The number of anilines is 3. The van der Waals surface area contributed by atoms with E-state index < -0.39 is 23.4 Å². The first-order chi connectivity index (χ1) is 17.5. The highest BCUT2D eigenvalue weighted by molar-refractivity contribution is 7.99. The number of carbonyl (C=O) groups excluding carboxylic acids is 2. The third-order valence-electron chi connectivity index (χ3n) is 6.36. The van der Waals surface area contributed by atoms with E-state index in [4.69, 9.17) is 4.74 Å². The lowest BCUT2D eigenvalue weighted by atomic mass is 10.1. The molecule has 1 fully saturated rings. The molecule has 0 N–H and O–H groups in total. The molecule has 2 aliphatic heterocycles. The second kappa shape index (κ2) is 10.4. The monoisotopic (exact) mass is 503 g/mol. The molecule has 0 aliphatic carbocycles. The number of ether oxygens (including phenoxy) is 1. The third-order valence-corrected chi connectivity index (χ3v) is 7.49. The third kappa shape index (κ3) is 4.79. The number of hydrogen-bond donors (Lipinski definition) is 0. The molecule has 3 aromatic rings. The molecule has 0 saturated carbocycles. The van der Waals surface area contributed by atoms with Crippen molar-refractivity contribution in [2.45, 2.75) is 35.5 Å². The van der Waals surface area contributed by atoms with Gasteiger partial charge in [-0.1, -0.05) is 48.9 Å². The molecule has 9 heteroatoms. The first-order valence-corrected chi connectivity index (χ1v) is 12.7. The Morgan fingerprint density at radius 1 is 0.861 bits per heavy atom. The van der Waals surface area contributed by atoms with Crippen LogP contribution in [0.2, 0.25) is 0 Å². The number of esters is 1. The molecular formula is C27H25N3O5S. The van der Waals surface area contributed by atoms with Crippen LogP contribution in [0, 0.1) is 10.1 Å². The van der Waals surface area contributed by atoms with Gasteiger partial charge in [-0.15, -0.1) is 0 Å². The number of carbonyl (C=O) groups is 2. The van der Waals surface area contributed by atoms with E-state index in [0.717, 1.165) is 59.9 Å². The smallest absolute Gasteiger partial charge is 0.338 e. The maximum atomic E-state index is 13.3. The first-order valence-electron chi connectivity index (χ1n) is 11.9. The van der Waals surface area contributed by atoms with Crippen molar-refractivity contribution in [1.29, 1.82) is 0 Å². The summed E-state index contributed by atoms with van der Waals surface area (Å²) in [6, 6.07) is 19.5. The highest BCUT2D eigenvalue weighted by atomic mass is 32.2. The lowest BCUT2D eigenvalue weighted by Gasteiger charge is -2.30. The van der Waals surface area contributed by atoms with E-state index in [9.17, 15) is 19.7 Å². The van der Waals surface area contributed by atoms with Crippen molar-refractivity contribution in [1.82, 2.24) is 0 Å². The zero-order chi connectivity index (χ0) is 25.1. The molecule has 36 heavy (non-hydrogen) atoms. The molecule has 184 valence electrons. The fourth-order valence-corrected chi connectivity index (χ4v) is 5.68. The molecule has 2 aliphatic rings. The van der Waals surface area contributed by atoms with Gasteiger partial charge in [-0.3, -0.25) is 19.8 Å². The standard InChI is InChI=1S/C27H25N3O5S/c31-26(29-21-9-3-5-11-24(21)36-25-12-6-4-10-22(25)29)18-35-27(32)19-13-14-20(23(17-19)30(33)34)28-15-7-1-2-8-16-28/h3-6,9-14,17H,1-2,7-8,15-16,18H2. The van der Waals surface area contributed by atoms with Crippen molar-refractivity contribution in [3.63, 3.8) is 0 Å². The molecule has 1 amide bonds. The maximum Gasteiger partial charge on any atom is 0.338 e. The SMILES string of the molecule is O=C(OCC(=O)N1c2ccccc2Sc2ccccc21)c1ccc(N2CCCCCC2)c([N+](=O)[O-])c1. The van der Waals surface area contributed by atoms with Crippen LogP contribution in [0.3, 0.4) is 0 Å². The Morgan fingerprint density at radius 3 is 2.08 bits per heavy atom. The number of benzene rings is 3. The first kappa shape index (κ1) is 23.9. The topological polar surface area (TPSA) is 93.0 Å². The molecule has 0 unspecified atom stereocenters. The molecular weight excluding hydrogens is 478 g/mol. The Kier molecular flexibility index (Phi) is 6.90. The van der Waals surface area contributed by atoms with Gasteiger partial charge in [-0.25, -0.2) is 4.79 Å². The molecule has 2 heterocycles. The molecule has 5 rings (SSSR count). The van der Waals surface area contributed by atoms with Crippen molar-refractivity contribution in [2.75, 3.05) is 29.5 Å². The van der Waals surface area contributed by atoms with Crippen molar-refractivity contribution in [3.05, 3.63) is 82.4 Å². The highest BCUT2D eigenvalue weighted by Gasteiger charge is 2.29. The van der Waals surface area contributed by atoms with Crippen LogP contribution >= 0.6 is 11.8 Å². The van der Waals surface area contributed by atoms with E-state index in [1.165, 1.54) is 12.1 Å². The quantitative estimate of drug-likeness (QED) is 0.241. The van der Waals surface area contributed by atoms with Gasteiger partial charge in [0.1, 0.15) is 5.69 Å². The number of nitro benzene ring substituents is 1. The van der Waals surface area contributed by atoms with Gasteiger partial charge in [-0.05, 0) is 49.2 Å². The fourth-order valence-electron chi connectivity index (χ4n) is 4.62. The number of rotatable bonds is 5. The summed E-state index contributed by atoms with van der Waals surface area (Å²) >= 11 is 1.57. The van der Waals surface area contributed by atoms with Crippen molar-refractivity contribution in [3.8, 4) is 0 Å². The van der Waals surface area contributed by atoms with Gasteiger partial charge >= 0.3 is 5.97 Å². The number of fused-ring (bicyclic) bond motifs is 2. The number of hydrogen-bond acceptors (Lipinski definition) is 7. The highest BCUT2D eigenvalue weighted by Crippen LogP contribution is 2.47. The molecule has 0 radical (unpaired) electrons. The molecule has 0 aromatic heterocycles. The predicted octanol–water partition coefficient (Wildman–Crippen LogP) is 5.96. The summed E-state index contributed by atoms with van der Waals surface area (Å²) in [5.74, 6) is -1.18. The molecule has 0 atom stereocenters. The van der Waals surface area contributed by atoms with Gasteiger partial charge < -0.3 is 9.64 Å². The van der Waals surface area contributed by atoms with E-state index in [2.05, 4.69) is 0 Å². The second-order valence-corrected chi connectivity index (χ2v) is 9.79. The van der Waals surface area contributed by atoms with Crippen LogP contribution in [0.15, 0.2) is 76.5 Å². The Bertz CT molecular complexity index is 1270. The van der Waals surface area contributed by atoms with Gasteiger partial charge in [0.2, 0.25) is 0 Å². The zero-order valence-electron chi connectivity index (χ0n) is 19.6. The Hall–Kier alpha value is -3.85. The summed E-state index contributed by atoms with van der Waals surface area (Å²) in [6.07, 6.45) is 4.16. The summed E-state index contributed by atoms with van der Waals surface area (Å²) in [5, 5.41) is 11.8. The fraction of sp³-hybridized carbons (Fsp3) is 0.259. The molecule has 0 bridgehead atoms. The minimum atomic E-state index is -0.776. The Morgan fingerprint density at radius 2 is 1.47 bits per heavy atom. The Balaban J connectivity index is 1.34. The summed E-state index contributed by atoms with van der Waals surface area (Å²) in [4.78, 5) is 42.8. The molecule has 1 saturated heterocycles. The minimum Gasteiger partial charge on any atom is -0.452 e. The van der Waals surface area contributed by atoms with Gasteiger partial charge in [0, 0.05) is 28.9 Å². The van der Waals surface area contributed by atoms with Crippen LogP contribution in [0.1, 0.15) is 36.0 Å². The average molecular weight is 504 g/mol. The van der Waals surface area contributed by atoms with Crippen LogP contribution in [0.25, 0.3) is 0 Å². The normalized spacial score (nSPS) is 14.9. The van der Waals surface area contributed by atoms with Crippen molar-refractivity contribution >= 4 is 46.4 Å². The van der Waals surface area contributed by atoms with Crippen LogP contribution in [0.5, 0.6) is 0 Å². The average Bonchev–Trinajstić information content (AvgIpc) is 3.19. The maximum absolute atomic E-state index is 13.3. The van der Waals surface area contributed by atoms with E-state index >= 15 is 0 Å². The summed E-state index contributed by atoms with van der Waals surface area (Å²) in [5.41, 5.74) is 1.87. The van der Waals surface area contributed by atoms with Crippen LogP contribution in [-0.4, -0.2) is 36.5 Å². The van der Waals surface area contributed by atoms with Gasteiger partial charge in [0.05, 0.1) is 21.9 Å². The number of amides is 1. The summed E-state index contributed by atoms with van der Waals surface area (Å²) < 4.78 is 5.34. The van der Waals surface area contributed by atoms with Crippen LogP contribution in [-0.2, 0) is 9.53 Å². The lowest BCUT2D eigenvalue weighted by Crippen LogP contribution is -2.32. The number of nitrogens with zero attached hydrogens (tertiary/aromatic N) is 3. The summed E-state index contributed by atoms with van der Waals surface area (Å²) in [7, 11) is 0. The van der Waals surface area contributed by atoms with E-state index in [-0.39, 0.29) is 11.3 Å². The van der Waals surface area contributed by atoms with Crippen LogP contribution < -0.4 is 9.80 Å². The lowest BCUT2D eigenvalue weighted by molar-refractivity contribution is -0.384. The van der Waals surface area contributed by atoms with Gasteiger partial charge in [0.15, 0.2) is 6.61 Å². The molecule has 0 spiro atoms. The molecule has 3 aromatic carbocycles. The zero-order valence-corrected chi connectivity index (χ0v) is 20.4. The Labute approximate surface area is 213 Å². The summed E-state index contributed by atoms with van der Waals surface area (Å²) in [6.45, 7) is 1.00. The van der Waals surface area contributed by atoms with Gasteiger partial charge in [-0.2, -0.15) is 0 Å². The van der Waals surface area contributed by atoms with Crippen molar-refractivity contribution in [2.24, 2.45) is 0 Å². The van der Waals surface area contributed by atoms with Crippen LogP contribution in [0.4, 0.5) is 22.7 Å². The largest absolute Gasteiger partial charge is 0.452 e. The minimum absolute atomic E-state index is 0.0445. The van der Waals surface area contributed by atoms with E-state index in [0.29, 0.717) is 5.69 Å². The molecule has 8 nitrogen and oxygen atoms in total. The second-order valence-electron chi connectivity index (χ2n) is 8.70. The predicted molar refractivity (Wildman–Crippen MR) is 138 cm³/mol.